The van der Waals surface area contributed by atoms with Gasteiger partial charge in [-0.3, -0.25) is 9.35 Å². The summed E-state index contributed by atoms with van der Waals surface area (Å²) < 4.78 is 28.0. The van der Waals surface area contributed by atoms with Crippen molar-refractivity contribution in [3.05, 3.63) is 0 Å². The normalized spacial score (nSPS) is 12.2. The van der Waals surface area contributed by atoms with E-state index in [1.807, 2.05) is 0 Å². The van der Waals surface area contributed by atoms with Crippen LogP contribution in [0.25, 0.3) is 0 Å². The van der Waals surface area contributed by atoms with Gasteiger partial charge in [-0.2, -0.15) is 8.42 Å². The van der Waals surface area contributed by atoms with Crippen molar-refractivity contribution in [2.75, 3.05) is 5.75 Å². The van der Waals surface area contributed by atoms with Crippen molar-refractivity contribution >= 4 is 28.5 Å². The molecule has 4 N–H and O–H groups in total. The van der Waals surface area contributed by atoms with E-state index in [0.717, 1.165) is 0 Å². The third-order valence-electron chi connectivity index (χ3n) is 0.707. The number of aliphatic carboxylic acids is 1. The Bertz CT molecular complexity index is 234. The van der Waals surface area contributed by atoms with E-state index in [-0.39, 0.29) is 43.4 Å². The van der Waals surface area contributed by atoms with Gasteiger partial charge in [-0.15, -0.1) is 12.4 Å². The largest absolute Gasteiger partial charge is 1.00 e. The quantitative estimate of drug-likeness (QED) is 0.334. The smallest absolute Gasteiger partial charge is 1.00 e. The van der Waals surface area contributed by atoms with Gasteiger partial charge >= 0.3 is 35.5 Å². The fourth-order valence-corrected chi connectivity index (χ4v) is 0.895. The molecule has 0 aliphatic rings. The van der Waals surface area contributed by atoms with E-state index >= 15 is 0 Å². The average molecular weight is 230 g/mol. The molecule has 0 aliphatic heterocycles. The predicted molar refractivity (Wildman–Crippen MR) is 40.4 cm³/mol. The van der Waals surface area contributed by atoms with Gasteiger partial charge in [0.2, 0.25) is 0 Å². The van der Waals surface area contributed by atoms with E-state index in [1.165, 1.54) is 0 Å². The number of hydrogen-bond donors (Lipinski definition) is 3. The molecular weight excluding hydrogens is 221 g/mol. The van der Waals surface area contributed by atoms with Gasteiger partial charge < -0.3 is 12.3 Å². The number of hydrogen-bond acceptors (Lipinski definition) is 4. The Morgan fingerprint density at radius 2 is 1.92 bits per heavy atom. The molecule has 12 heavy (non-hydrogen) atoms. The molecule has 1 atom stereocenters. The molecule has 0 aromatic heterocycles. The molecule has 0 saturated carbocycles. The summed E-state index contributed by atoms with van der Waals surface area (Å²) in [7, 11) is -4.27. The van der Waals surface area contributed by atoms with Crippen LogP contribution in [0.3, 0.4) is 0 Å². The van der Waals surface area contributed by atoms with Crippen LogP contribution in [0.2, 0.25) is 0 Å². The van der Waals surface area contributed by atoms with Crippen molar-refractivity contribution in [1.29, 1.82) is 0 Å². The number of carboxylic acids is 1. The SMILES string of the molecule is Cl.N[C@H](CS(=O)(=O)O)C(=O)O.[H-].[Na+]. The molecule has 0 fully saturated rings. The Labute approximate surface area is 99.4 Å². The fraction of sp³-hybridized carbons (Fsp3) is 0.667. The third-order valence-corrected chi connectivity index (χ3v) is 1.49. The van der Waals surface area contributed by atoms with Crippen LogP contribution in [0.5, 0.6) is 0 Å². The first-order chi connectivity index (χ1) is 4.33. The second-order valence-electron chi connectivity index (χ2n) is 1.69. The van der Waals surface area contributed by atoms with E-state index in [0.29, 0.717) is 0 Å². The molecule has 0 radical (unpaired) electrons. The predicted octanol–water partition coefficient (Wildman–Crippen LogP) is -4.18. The van der Waals surface area contributed by atoms with E-state index in [9.17, 15) is 13.2 Å². The summed E-state index contributed by atoms with van der Waals surface area (Å²) in [4.78, 5) is 9.88. The maximum Gasteiger partial charge on any atom is 1.00 e. The maximum atomic E-state index is 9.96. The van der Waals surface area contributed by atoms with Crippen LogP contribution in [0.4, 0.5) is 0 Å². The Balaban J connectivity index is -0.000000135. The van der Waals surface area contributed by atoms with Crippen molar-refractivity contribution in [2.24, 2.45) is 5.73 Å². The van der Waals surface area contributed by atoms with Crippen LogP contribution in [0.1, 0.15) is 1.43 Å². The van der Waals surface area contributed by atoms with Gasteiger partial charge in [-0.05, 0) is 0 Å². The van der Waals surface area contributed by atoms with Gasteiger partial charge in [0, 0.05) is 0 Å². The molecule has 0 bridgehead atoms. The van der Waals surface area contributed by atoms with Crippen molar-refractivity contribution in [1.82, 2.24) is 0 Å². The van der Waals surface area contributed by atoms with Crippen LogP contribution >= 0.6 is 12.4 Å². The number of carbonyl (C=O) groups is 1. The summed E-state index contributed by atoms with van der Waals surface area (Å²) in [6, 6.07) is -1.56. The second-order valence-corrected chi connectivity index (χ2v) is 3.19. The molecule has 0 spiro atoms. The van der Waals surface area contributed by atoms with Crippen LogP contribution in [0, 0.1) is 0 Å². The van der Waals surface area contributed by atoms with Gasteiger partial charge in [0.25, 0.3) is 10.1 Å². The Morgan fingerprint density at radius 3 is 2.00 bits per heavy atom. The summed E-state index contributed by atoms with van der Waals surface area (Å²) in [5, 5.41) is 8.04. The number of carboxylic acid groups (broad SMARTS) is 1. The van der Waals surface area contributed by atoms with Crippen molar-refractivity contribution in [3.8, 4) is 0 Å². The first-order valence-corrected chi connectivity index (χ1v) is 3.87. The summed E-state index contributed by atoms with van der Waals surface area (Å²) in [6.45, 7) is 0. The van der Waals surface area contributed by atoms with E-state index in [2.05, 4.69) is 0 Å². The number of rotatable bonds is 3. The van der Waals surface area contributed by atoms with E-state index in [4.69, 9.17) is 15.4 Å². The van der Waals surface area contributed by atoms with E-state index < -0.39 is 27.9 Å². The van der Waals surface area contributed by atoms with Crippen LogP contribution in [0.15, 0.2) is 0 Å². The van der Waals surface area contributed by atoms with Gasteiger partial charge in [-0.1, -0.05) is 0 Å². The molecular formula is C3H9ClNNaO5S. The van der Waals surface area contributed by atoms with Crippen molar-refractivity contribution in [3.63, 3.8) is 0 Å². The Hall–Kier alpha value is 0.630. The van der Waals surface area contributed by atoms with Crippen LogP contribution < -0.4 is 35.3 Å². The molecule has 0 aliphatic carbocycles. The van der Waals surface area contributed by atoms with Crippen LogP contribution in [-0.2, 0) is 14.9 Å². The number of nitrogens with two attached hydrogens (primary N) is 1. The molecule has 0 saturated heterocycles. The Kier molecular flexibility index (Phi) is 10.9. The molecule has 0 aromatic carbocycles. The standard InChI is InChI=1S/C3H7NO5S.ClH.Na.H/c4-2(3(5)6)1-10(7,8)9;;;/h2H,1,4H2,(H,5,6)(H,7,8,9);1H;;/q;;+1;-1/t2-;;;/m1.../s1. The second kappa shape index (κ2) is 7.07. The van der Waals surface area contributed by atoms with Gasteiger partial charge in [0.1, 0.15) is 11.8 Å². The first kappa shape index (κ1) is 18.4. The van der Waals surface area contributed by atoms with Gasteiger partial charge in [0.05, 0.1) is 0 Å². The zero-order valence-corrected chi connectivity index (χ0v) is 9.93. The van der Waals surface area contributed by atoms with Crippen molar-refractivity contribution < 1.29 is 53.9 Å². The molecule has 70 valence electrons. The van der Waals surface area contributed by atoms with Gasteiger partial charge in [-0.25, -0.2) is 0 Å². The summed E-state index contributed by atoms with van der Waals surface area (Å²) >= 11 is 0. The molecule has 0 unspecified atom stereocenters. The molecule has 0 rings (SSSR count). The fourth-order valence-electron chi connectivity index (χ4n) is 0.298. The third kappa shape index (κ3) is 10.6. The van der Waals surface area contributed by atoms with Gasteiger partial charge in [0.15, 0.2) is 0 Å². The molecule has 9 heteroatoms. The summed E-state index contributed by atoms with van der Waals surface area (Å²) in [5.74, 6) is -2.42. The minimum atomic E-state index is -4.27. The monoisotopic (exact) mass is 229 g/mol. The zero-order chi connectivity index (χ0) is 8.36. The minimum Gasteiger partial charge on any atom is -1.00 e. The maximum absolute atomic E-state index is 9.96. The molecule has 0 amide bonds. The topological polar surface area (TPSA) is 118 Å². The first-order valence-electron chi connectivity index (χ1n) is 2.26. The molecule has 0 heterocycles. The molecule has 0 aromatic rings. The summed E-state index contributed by atoms with van der Waals surface area (Å²) in [5.41, 5.74) is 4.76. The Morgan fingerprint density at radius 1 is 1.58 bits per heavy atom. The molecule has 6 nitrogen and oxygen atoms in total. The summed E-state index contributed by atoms with van der Waals surface area (Å²) in [6.07, 6.45) is 0. The van der Waals surface area contributed by atoms with Crippen LogP contribution in [-0.4, -0.2) is 35.8 Å². The van der Waals surface area contributed by atoms with Crippen molar-refractivity contribution in [2.45, 2.75) is 6.04 Å². The number of halogens is 1. The average Bonchev–Trinajstić information content (AvgIpc) is 1.60. The van der Waals surface area contributed by atoms with E-state index in [1.54, 1.807) is 0 Å². The minimum absolute atomic E-state index is 0. The zero-order valence-electron chi connectivity index (χ0n) is 7.30.